The number of benzene rings is 1. The van der Waals surface area contributed by atoms with Crippen molar-refractivity contribution in [2.75, 3.05) is 41.4 Å². The Labute approximate surface area is 156 Å². The van der Waals surface area contributed by atoms with Crippen molar-refractivity contribution < 1.29 is 14.3 Å². The number of rotatable bonds is 8. The minimum absolute atomic E-state index is 0.0535. The fraction of sp³-hybridized carbons (Fsp3) is 0.579. The summed E-state index contributed by atoms with van der Waals surface area (Å²) in [5.41, 5.74) is 0.949. The number of nitrogens with one attached hydrogen (secondary N) is 2. The van der Waals surface area contributed by atoms with Gasteiger partial charge in [-0.3, -0.25) is 4.79 Å². The van der Waals surface area contributed by atoms with Crippen molar-refractivity contribution in [2.45, 2.75) is 26.8 Å². The molecule has 7 nitrogen and oxygen atoms in total. The van der Waals surface area contributed by atoms with E-state index in [-0.39, 0.29) is 18.5 Å². The highest BCUT2D eigenvalue weighted by molar-refractivity contribution is 5.85. The third-order valence-corrected chi connectivity index (χ3v) is 3.81. The molecule has 0 radical (unpaired) electrons. The van der Waals surface area contributed by atoms with E-state index >= 15 is 0 Å². The molecular formula is C19H32N4O3. The zero-order valence-corrected chi connectivity index (χ0v) is 16.9. The molecule has 0 aromatic heterocycles. The summed E-state index contributed by atoms with van der Waals surface area (Å²) in [4.78, 5) is 17.8. The average molecular weight is 364 g/mol. The fourth-order valence-corrected chi connectivity index (χ4v) is 2.20. The van der Waals surface area contributed by atoms with E-state index in [4.69, 9.17) is 9.47 Å². The molecular weight excluding hydrogens is 332 g/mol. The third-order valence-electron chi connectivity index (χ3n) is 3.81. The van der Waals surface area contributed by atoms with E-state index in [0.717, 1.165) is 23.6 Å². The molecule has 0 heterocycles. The lowest BCUT2D eigenvalue weighted by Crippen LogP contribution is -2.41. The molecule has 1 unspecified atom stereocenters. The smallest absolute Gasteiger partial charge is 0.243 e. The lowest BCUT2D eigenvalue weighted by atomic mass is 10.1. The summed E-state index contributed by atoms with van der Waals surface area (Å²) in [6.07, 6.45) is 0. The molecule has 1 atom stereocenters. The van der Waals surface area contributed by atoms with Gasteiger partial charge in [0.05, 0.1) is 20.3 Å². The first-order chi connectivity index (χ1) is 12.3. The Balaban J connectivity index is 2.98. The number of hydrogen-bond donors (Lipinski definition) is 2. The van der Waals surface area contributed by atoms with Crippen molar-refractivity contribution >= 4 is 11.9 Å². The molecule has 0 saturated carbocycles. The fourth-order valence-electron chi connectivity index (χ4n) is 2.20. The van der Waals surface area contributed by atoms with E-state index in [1.807, 2.05) is 25.1 Å². The van der Waals surface area contributed by atoms with Gasteiger partial charge in [0.2, 0.25) is 5.91 Å². The summed E-state index contributed by atoms with van der Waals surface area (Å²) >= 11 is 0. The number of aliphatic imine (C=N–C) groups is 1. The Hall–Kier alpha value is -2.44. The number of carbonyl (C=O) groups is 1. The largest absolute Gasteiger partial charge is 0.497 e. The van der Waals surface area contributed by atoms with Crippen molar-refractivity contribution in [1.82, 2.24) is 15.5 Å². The first-order valence-electron chi connectivity index (χ1n) is 8.75. The second-order valence-electron chi connectivity index (χ2n) is 6.70. The molecule has 0 aliphatic rings. The van der Waals surface area contributed by atoms with Crippen molar-refractivity contribution in [3.63, 3.8) is 0 Å². The molecule has 0 fully saturated rings. The van der Waals surface area contributed by atoms with Crippen LogP contribution in [0, 0.1) is 5.92 Å². The first-order valence-corrected chi connectivity index (χ1v) is 8.75. The van der Waals surface area contributed by atoms with E-state index in [9.17, 15) is 4.79 Å². The Morgan fingerprint density at radius 1 is 1.19 bits per heavy atom. The van der Waals surface area contributed by atoms with Crippen LogP contribution in [-0.4, -0.2) is 58.2 Å². The van der Waals surface area contributed by atoms with Gasteiger partial charge in [-0.2, -0.15) is 0 Å². The number of nitrogens with zero attached hydrogens (tertiary/aromatic N) is 2. The van der Waals surface area contributed by atoms with Crippen LogP contribution in [0.15, 0.2) is 23.2 Å². The molecule has 146 valence electrons. The van der Waals surface area contributed by atoms with Gasteiger partial charge in [0.15, 0.2) is 5.96 Å². The lowest BCUT2D eigenvalue weighted by molar-refractivity contribution is -0.127. The summed E-state index contributed by atoms with van der Waals surface area (Å²) in [7, 11) is 6.71. The quantitative estimate of drug-likeness (QED) is 0.545. The number of ether oxygens (including phenoxy) is 2. The van der Waals surface area contributed by atoms with E-state index < -0.39 is 0 Å². The maximum absolute atomic E-state index is 11.9. The van der Waals surface area contributed by atoms with Crippen LogP contribution in [0.5, 0.6) is 11.5 Å². The summed E-state index contributed by atoms with van der Waals surface area (Å²) < 4.78 is 10.8. The van der Waals surface area contributed by atoms with E-state index in [1.54, 1.807) is 28.3 Å². The third kappa shape index (κ3) is 6.82. The first kappa shape index (κ1) is 21.6. The Bertz CT molecular complexity index is 615. The zero-order valence-electron chi connectivity index (χ0n) is 16.9. The van der Waals surface area contributed by atoms with Crippen molar-refractivity contribution in [1.29, 1.82) is 0 Å². The van der Waals surface area contributed by atoms with Crippen LogP contribution in [0.3, 0.4) is 0 Å². The Morgan fingerprint density at radius 2 is 1.88 bits per heavy atom. The van der Waals surface area contributed by atoms with Gasteiger partial charge in [-0.25, -0.2) is 4.99 Å². The number of likely N-dealkylation sites (N-methyl/N-ethyl adjacent to an activating group) is 1. The van der Waals surface area contributed by atoms with E-state index in [2.05, 4.69) is 29.5 Å². The highest BCUT2D eigenvalue weighted by atomic mass is 16.5. The minimum Gasteiger partial charge on any atom is -0.497 e. The number of methoxy groups -OCH3 is 2. The normalized spacial score (nSPS) is 12.5. The van der Waals surface area contributed by atoms with Gasteiger partial charge >= 0.3 is 0 Å². The van der Waals surface area contributed by atoms with Crippen LogP contribution in [0.1, 0.15) is 32.4 Å². The zero-order chi connectivity index (χ0) is 19.7. The summed E-state index contributed by atoms with van der Waals surface area (Å²) in [5, 5.41) is 6.62. The van der Waals surface area contributed by atoms with Gasteiger partial charge in [0, 0.05) is 26.2 Å². The predicted octanol–water partition coefficient (Wildman–Crippen LogP) is 2.04. The Morgan fingerprint density at radius 3 is 2.42 bits per heavy atom. The van der Waals surface area contributed by atoms with Gasteiger partial charge in [-0.1, -0.05) is 13.8 Å². The maximum Gasteiger partial charge on any atom is 0.243 e. The predicted molar refractivity (Wildman–Crippen MR) is 105 cm³/mol. The Kier molecular flexibility index (Phi) is 8.75. The van der Waals surface area contributed by atoms with Gasteiger partial charge in [-0.15, -0.1) is 0 Å². The number of guanidine groups is 1. The van der Waals surface area contributed by atoms with Gasteiger partial charge < -0.3 is 25.0 Å². The van der Waals surface area contributed by atoms with Gasteiger partial charge in [0.1, 0.15) is 18.0 Å². The molecule has 26 heavy (non-hydrogen) atoms. The highest BCUT2D eigenvalue weighted by Gasteiger charge is 2.15. The van der Waals surface area contributed by atoms with Crippen molar-refractivity contribution in [3.8, 4) is 11.5 Å². The molecule has 0 bridgehead atoms. The van der Waals surface area contributed by atoms with Crippen LogP contribution in [0.25, 0.3) is 0 Å². The molecule has 1 rings (SSSR count). The van der Waals surface area contributed by atoms with Crippen molar-refractivity contribution in [2.24, 2.45) is 10.9 Å². The van der Waals surface area contributed by atoms with E-state index in [0.29, 0.717) is 11.9 Å². The molecule has 2 N–H and O–H groups in total. The monoisotopic (exact) mass is 364 g/mol. The molecule has 7 heteroatoms. The van der Waals surface area contributed by atoms with Gasteiger partial charge in [0.25, 0.3) is 0 Å². The molecule has 1 amide bonds. The summed E-state index contributed by atoms with van der Waals surface area (Å²) in [6, 6.07) is 5.58. The van der Waals surface area contributed by atoms with Crippen LogP contribution in [0.2, 0.25) is 0 Å². The average Bonchev–Trinajstić information content (AvgIpc) is 2.62. The molecule has 1 aromatic rings. The number of carbonyl (C=O) groups excluding carboxylic acids is 1. The number of amides is 1. The molecule has 0 aliphatic heterocycles. The lowest BCUT2D eigenvalue weighted by Gasteiger charge is -2.22. The molecule has 0 spiro atoms. The molecule has 0 aliphatic carbocycles. The SMILES string of the molecule is COc1ccc(OC)c(C(C)NC(=NCC(=O)N(C)C)NCC(C)C)c1. The van der Waals surface area contributed by atoms with E-state index in [1.165, 1.54) is 4.90 Å². The topological polar surface area (TPSA) is 75.2 Å². The highest BCUT2D eigenvalue weighted by Crippen LogP contribution is 2.29. The minimum atomic E-state index is -0.0899. The second kappa shape index (κ2) is 10.5. The van der Waals surface area contributed by atoms with Gasteiger partial charge in [-0.05, 0) is 31.0 Å². The van der Waals surface area contributed by atoms with Crippen LogP contribution in [-0.2, 0) is 4.79 Å². The van der Waals surface area contributed by atoms with Crippen molar-refractivity contribution in [3.05, 3.63) is 23.8 Å². The summed E-state index contributed by atoms with van der Waals surface area (Å²) in [6.45, 7) is 7.08. The second-order valence-corrected chi connectivity index (χ2v) is 6.70. The molecule has 0 saturated heterocycles. The van der Waals surface area contributed by atoms with Crippen LogP contribution >= 0.6 is 0 Å². The maximum atomic E-state index is 11.9. The number of hydrogen-bond acceptors (Lipinski definition) is 4. The molecule has 1 aromatic carbocycles. The standard InChI is InChI=1S/C19H32N4O3/c1-13(2)11-20-19(21-12-18(24)23(4)5)22-14(3)16-10-15(25-6)8-9-17(16)26-7/h8-10,13-14H,11-12H2,1-7H3,(H2,20,21,22). The van der Waals surface area contributed by atoms with Crippen LogP contribution < -0.4 is 20.1 Å². The van der Waals surface area contributed by atoms with Crippen LogP contribution in [0.4, 0.5) is 0 Å². The summed E-state index contributed by atoms with van der Waals surface area (Å²) in [5.74, 6) is 2.51.